The summed E-state index contributed by atoms with van der Waals surface area (Å²) in [5.41, 5.74) is 1.44. The summed E-state index contributed by atoms with van der Waals surface area (Å²) in [6.07, 6.45) is 1.45. The van der Waals surface area contributed by atoms with Gasteiger partial charge in [-0.25, -0.2) is 0 Å². The molecular weight excluding hydrogens is 292 g/mol. The molecule has 5 nitrogen and oxygen atoms in total. The quantitative estimate of drug-likeness (QED) is 0.925. The fourth-order valence-corrected chi connectivity index (χ4v) is 2.63. The van der Waals surface area contributed by atoms with Gasteiger partial charge in [0.2, 0.25) is 0 Å². The summed E-state index contributed by atoms with van der Waals surface area (Å²) in [5.74, 6) is -2.02. The maximum absolute atomic E-state index is 12.5. The molecule has 106 valence electrons. The summed E-state index contributed by atoms with van der Waals surface area (Å²) < 4.78 is 0. The molecule has 21 heavy (non-hydrogen) atoms. The van der Waals surface area contributed by atoms with Crippen LogP contribution in [0.4, 0.5) is 5.69 Å². The van der Waals surface area contributed by atoms with Crippen LogP contribution in [0.3, 0.4) is 0 Å². The Labute approximate surface area is 125 Å². The Bertz CT molecular complexity index is 732. The summed E-state index contributed by atoms with van der Waals surface area (Å²) in [6, 6.07) is 10.1. The first-order valence-electron chi connectivity index (χ1n) is 6.33. The summed E-state index contributed by atoms with van der Waals surface area (Å²) >= 11 is 5.87. The fraction of sp³-hybridized carbons (Fsp3) is 0.133. The topological polar surface area (TPSA) is 70.5 Å². The van der Waals surface area contributed by atoms with E-state index in [1.54, 1.807) is 30.3 Å². The largest absolute Gasteiger partial charge is 0.481 e. The first-order valence-corrected chi connectivity index (χ1v) is 6.71. The second-order valence-electron chi connectivity index (χ2n) is 4.72. The zero-order valence-corrected chi connectivity index (χ0v) is 11.6. The van der Waals surface area contributed by atoms with E-state index in [0.29, 0.717) is 16.3 Å². The van der Waals surface area contributed by atoms with Crippen molar-refractivity contribution in [3.8, 4) is 0 Å². The summed E-state index contributed by atoms with van der Waals surface area (Å²) in [7, 11) is 0. The minimum absolute atomic E-state index is 0.0989. The lowest BCUT2D eigenvalue weighted by atomic mass is 10.0. The molecule has 1 N–H and O–H groups in total. The fourth-order valence-electron chi connectivity index (χ4n) is 2.47. The van der Waals surface area contributed by atoms with Crippen molar-refractivity contribution in [1.29, 1.82) is 0 Å². The number of fused-ring (bicyclic) bond motifs is 1. The minimum atomic E-state index is -0.947. The number of rotatable bonds is 2. The zero-order chi connectivity index (χ0) is 15.0. The van der Waals surface area contributed by atoms with Gasteiger partial charge < -0.3 is 10.0 Å². The highest BCUT2D eigenvalue weighted by molar-refractivity contribution is 6.31. The maximum Gasteiger partial charge on any atom is 0.312 e. The van der Waals surface area contributed by atoms with Crippen molar-refractivity contribution in [3.63, 3.8) is 0 Å². The SMILES string of the molecule is O=C(O)C1CN(C(=O)c2cc(Cl)ccn2)c2ccccc21. The molecule has 0 fully saturated rings. The lowest BCUT2D eigenvalue weighted by Gasteiger charge is -2.16. The highest BCUT2D eigenvalue weighted by Crippen LogP contribution is 2.36. The van der Waals surface area contributed by atoms with Crippen LogP contribution < -0.4 is 4.90 Å². The van der Waals surface area contributed by atoms with Crippen molar-refractivity contribution >= 4 is 29.2 Å². The van der Waals surface area contributed by atoms with Crippen molar-refractivity contribution in [2.75, 3.05) is 11.4 Å². The molecule has 6 heteroatoms. The number of carboxylic acids is 1. The number of amides is 1. The number of aromatic nitrogens is 1. The molecule has 1 aromatic heterocycles. The molecule has 0 aliphatic carbocycles. The number of hydrogen-bond donors (Lipinski definition) is 1. The van der Waals surface area contributed by atoms with Gasteiger partial charge in [0.15, 0.2) is 0 Å². The Morgan fingerprint density at radius 2 is 2.05 bits per heavy atom. The van der Waals surface area contributed by atoms with Crippen LogP contribution in [0, 0.1) is 0 Å². The van der Waals surface area contributed by atoms with Gasteiger partial charge in [-0.05, 0) is 23.8 Å². The smallest absolute Gasteiger partial charge is 0.312 e. The number of carboxylic acid groups (broad SMARTS) is 1. The molecule has 0 radical (unpaired) electrons. The molecule has 1 unspecified atom stereocenters. The number of pyridine rings is 1. The molecule has 0 saturated carbocycles. The van der Waals surface area contributed by atoms with Crippen LogP contribution in [0.25, 0.3) is 0 Å². The average Bonchev–Trinajstić information content (AvgIpc) is 2.86. The molecule has 1 aliphatic heterocycles. The lowest BCUT2D eigenvalue weighted by Crippen LogP contribution is -2.31. The van der Waals surface area contributed by atoms with E-state index >= 15 is 0 Å². The average molecular weight is 303 g/mol. The molecule has 0 bridgehead atoms. The Morgan fingerprint density at radius 1 is 1.29 bits per heavy atom. The highest BCUT2D eigenvalue weighted by Gasteiger charge is 2.36. The number of carbonyl (C=O) groups excluding carboxylic acids is 1. The van der Waals surface area contributed by atoms with Crippen molar-refractivity contribution < 1.29 is 14.7 Å². The maximum atomic E-state index is 12.5. The van der Waals surface area contributed by atoms with Gasteiger partial charge in [0.25, 0.3) is 5.91 Å². The van der Waals surface area contributed by atoms with E-state index in [2.05, 4.69) is 4.98 Å². The van der Waals surface area contributed by atoms with Crippen LogP contribution in [0.1, 0.15) is 22.0 Å². The van der Waals surface area contributed by atoms with Crippen molar-refractivity contribution in [2.45, 2.75) is 5.92 Å². The zero-order valence-electron chi connectivity index (χ0n) is 10.9. The van der Waals surface area contributed by atoms with Gasteiger partial charge in [-0.15, -0.1) is 0 Å². The van der Waals surface area contributed by atoms with Crippen molar-refractivity contribution in [1.82, 2.24) is 4.98 Å². The summed E-state index contributed by atoms with van der Waals surface area (Å²) in [5, 5.41) is 9.71. The van der Waals surface area contributed by atoms with E-state index in [-0.39, 0.29) is 18.1 Å². The molecule has 2 heterocycles. The third-order valence-electron chi connectivity index (χ3n) is 3.45. The van der Waals surface area contributed by atoms with E-state index in [4.69, 9.17) is 11.6 Å². The normalized spacial score (nSPS) is 16.6. The molecule has 1 aromatic carbocycles. The molecule has 2 aromatic rings. The molecule has 0 saturated heterocycles. The third kappa shape index (κ3) is 2.36. The summed E-state index contributed by atoms with van der Waals surface area (Å²) in [4.78, 5) is 29.3. The Morgan fingerprint density at radius 3 is 2.76 bits per heavy atom. The van der Waals surface area contributed by atoms with Gasteiger partial charge in [0.1, 0.15) is 11.6 Å². The van der Waals surface area contributed by atoms with Crippen LogP contribution in [0.2, 0.25) is 5.02 Å². The minimum Gasteiger partial charge on any atom is -0.481 e. The molecular formula is C15H11ClN2O3. The first-order chi connectivity index (χ1) is 10.1. The van der Waals surface area contributed by atoms with E-state index in [9.17, 15) is 14.7 Å². The number of benzene rings is 1. The predicted molar refractivity (Wildman–Crippen MR) is 77.7 cm³/mol. The van der Waals surface area contributed by atoms with E-state index in [0.717, 1.165) is 0 Å². The lowest BCUT2D eigenvalue weighted by molar-refractivity contribution is -0.138. The summed E-state index contributed by atoms with van der Waals surface area (Å²) in [6.45, 7) is 0.0989. The van der Waals surface area contributed by atoms with Gasteiger partial charge in [-0.2, -0.15) is 0 Å². The van der Waals surface area contributed by atoms with Crippen LogP contribution in [-0.2, 0) is 4.79 Å². The number of carbonyl (C=O) groups is 2. The standard InChI is InChI=1S/C15H11ClN2O3/c16-9-5-6-17-12(7-9)14(19)18-8-11(15(20)21)10-3-1-2-4-13(10)18/h1-7,11H,8H2,(H,20,21). The monoisotopic (exact) mass is 302 g/mol. The van der Waals surface area contributed by atoms with Gasteiger partial charge >= 0.3 is 5.97 Å². The van der Waals surface area contributed by atoms with Crippen LogP contribution in [0.5, 0.6) is 0 Å². The first kappa shape index (κ1) is 13.6. The van der Waals surface area contributed by atoms with Gasteiger partial charge in [-0.1, -0.05) is 29.8 Å². The second-order valence-corrected chi connectivity index (χ2v) is 5.16. The predicted octanol–water partition coefficient (Wildman–Crippen LogP) is 2.56. The van der Waals surface area contributed by atoms with Gasteiger partial charge in [-0.3, -0.25) is 14.6 Å². The Kier molecular flexibility index (Phi) is 3.35. The molecule has 1 amide bonds. The number of nitrogens with zero attached hydrogens (tertiary/aromatic N) is 2. The Hall–Kier alpha value is -2.40. The van der Waals surface area contributed by atoms with E-state index in [1.807, 2.05) is 0 Å². The van der Waals surface area contributed by atoms with Gasteiger partial charge in [0, 0.05) is 23.5 Å². The van der Waals surface area contributed by atoms with Gasteiger partial charge in [0.05, 0.1) is 0 Å². The van der Waals surface area contributed by atoms with E-state index in [1.165, 1.54) is 17.2 Å². The molecule has 1 atom stereocenters. The van der Waals surface area contributed by atoms with E-state index < -0.39 is 11.9 Å². The molecule has 0 spiro atoms. The van der Waals surface area contributed by atoms with Crippen LogP contribution in [0.15, 0.2) is 42.6 Å². The molecule has 1 aliphatic rings. The highest BCUT2D eigenvalue weighted by atomic mass is 35.5. The van der Waals surface area contributed by atoms with Crippen LogP contribution >= 0.6 is 11.6 Å². The van der Waals surface area contributed by atoms with Crippen molar-refractivity contribution in [3.05, 3.63) is 58.9 Å². The molecule has 3 rings (SSSR count). The van der Waals surface area contributed by atoms with Crippen LogP contribution in [-0.4, -0.2) is 28.5 Å². The number of aliphatic carboxylic acids is 1. The number of para-hydroxylation sites is 1. The third-order valence-corrected chi connectivity index (χ3v) is 3.69. The number of hydrogen-bond acceptors (Lipinski definition) is 3. The second kappa shape index (κ2) is 5.18. The number of anilines is 1. The van der Waals surface area contributed by atoms with Crippen molar-refractivity contribution in [2.24, 2.45) is 0 Å². The number of halogens is 1. The Balaban J connectivity index is 2.01.